The van der Waals surface area contributed by atoms with E-state index in [-0.39, 0.29) is 5.78 Å². The first kappa shape index (κ1) is 14.9. The lowest BCUT2D eigenvalue weighted by atomic mass is 10.0. The smallest absolute Gasteiger partial charge is 0.200 e. The maximum Gasteiger partial charge on any atom is 0.200 e. The highest BCUT2D eigenvalue weighted by molar-refractivity contribution is 6.10. The number of benzene rings is 1. The second-order valence-corrected chi connectivity index (χ2v) is 4.32. The van der Waals surface area contributed by atoms with Crippen LogP contribution >= 0.6 is 0 Å². The Morgan fingerprint density at radius 1 is 1.10 bits per heavy atom. The normalized spacial score (nSPS) is 10.3. The van der Waals surface area contributed by atoms with E-state index in [2.05, 4.69) is 5.10 Å². The Morgan fingerprint density at radius 3 is 2.24 bits per heavy atom. The zero-order valence-electron chi connectivity index (χ0n) is 12.5. The van der Waals surface area contributed by atoms with Gasteiger partial charge in [0.05, 0.1) is 38.7 Å². The molecule has 0 saturated heterocycles. The predicted molar refractivity (Wildman–Crippen MR) is 77.4 cm³/mol. The van der Waals surface area contributed by atoms with E-state index in [1.54, 1.807) is 29.2 Å². The molecule has 0 aliphatic carbocycles. The number of ether oxygens (including phenoxy) is 3. The number of rotatable bonds is 6. The molecular weight excluding hydrogens is 272 g/mol. The van der Waals surface area contributed by atoms with Crippen molar-refractivity contribution >= 4 is 5.78 Å². The first-order valence-electron chi connectivity index (χ1n) is 6.51. The lowest BCUT2D eigenvalue weighted by Gasteiger charge is -2.12. The number of hydrogen-bond donors (Lipinski definition) is 0. The number of carbonyl (C=O) groups is 1. The zero-order valence-corrected chi connectivity index (χ0v) is 12.5. The van der Waals surface area contributed by atoms with Gasteiger partial charge in [0.1, 0.15) is 5.75 Å². The molecule has 0 aliphatic rings. The quantitative estimate of drug-likeness (QED) is 0.763. The SMILES string of the molecule is CCn1cc(C(=O)c2cc(OC)c(OC)cc2OC)cn1. The zero-order chi connectivity index (χ0) is 15.4. The molecule has 0 saturated carbocycles. The third-order valence-electron chi connectivity index (χ3n) is 3.17. The van der Waals surface area contributed by atoms with E-state index in [1.165, 1.54) is 21.3 Å². The van der Waals surface area contributed by atoms with Crippen molar-refractivity contribution in [3.63, 3.8) is 0 Å². The molecule has 2 rings (SSSR count). The number of ketones is 1. The standard InChI is InChI=1S/C15H18N2O4/c1-5-17-9-10(8-16-17)15(18)11-6-13(20-3)14(21-4)7-12(11)19-2/h6-9H,5H2,1-4H3. The second kappa shape index (κ2) is 6.30. The van der Waals surface area contributed by atoms with Gasteiger partial charge in [-0.05, 0) is 13.0 Å². The van der Waals surface area contributed by atoms with Crippen LogP contribution in [0.1, 0.15) is 22.8 Å². The van der Waals surface area contributed by atoms with Crippen LogP contribution in [0.3, 0.4) is 0 Å². The van der Waals surface area contributed by atoms with Gasteiger partial charge in [0.15, 0.2) is 17.3 Å². The van der Waals surface area contributed by atoms with Gasteiger partial charge in [-0.1, -0.05) is 0 Å². The van der Waals surface area contributed by atoms with Gasteiger partial charge in [-0.3, -0.25) is 9.48 Å². The van der Waals surface area contributed by atoms with Crippen molar-refractivity contribution < 1.29 is 19.0 Å². The molecule has 2 aromatic rings. The molecule has 0 aliphatic heterocycles. The average molecular weight is 290 g/mol. The van der Waals surface area contributed by atoms with Crippen LogP contribution in [0, 0.1) is 0 Å². The summed E-state index contributed by atoms with van der Waals surface area (Å²) in [5.41, 5.74) is 0.910. The molecule has 1 heterocycles. The van der Waals surface area contributed by atoms with Crippen LogP contribution in [0.25, 0.3) is 0 Å². The summed E-state index contributed by atoms with van der Waals surface area (Å²) in [5.74, 6) is 1.24. The van der Waals surface area contributed by atoms with Crippen LogP contribution in [0.2, 0.25) is 0 Å². The minimum absolute atomic E-state index is 0.174. The summed E-state index contributed by atoms with van der Waals surface area (Å²) in [4.78, 5) is 12.6. The van der Waals surface area contributed by atoms with Crippen molar-refractivity contribution in [2.24, 2.45) is 0 Å². The maximum absolute atomic E-state index is 12.6. The Kier molecular flexibility index (Phi) is 4.47. The summed E-state index contributed by atoms with van der Waals surface area (Å²) >= 11 is 0. The highest BCUT2D eigenvalue weighted by atomic mass is 16.5. The molecule has 0 unspecified atom stereocenters. The second-order valence-electron chi connectivity index (χ2n) is 4.32. The van der Waals surface area contributed by atoms with Crippen LogP contribution in [-0.2, 0) is 6.54 Å². The fourth-order valence-corrected chi connectivity index (χ4v) is 2.02. The molecule has 21 heavy (non-hydrogen) atoms. The topological polar surface area (TPSA) is 62.6 Å². The fraction of sp³-hybridized carbons (Fsp3) is 0.333. The Bertz CT molecular complexity index is 649. The summed E-state index contributed by atoms with van der Waals surface area (Å²) in [6.45, 7) is 2.66. The van der Waals surface area contributed by atoms with E-state index in [9.17, 15) is 4.79 Å². The molecular formula is C15H18N2O4. The van der Waals surface area contributed by atoms with Crippen LogP contribution < -0.4 is 14.2 Å². The van der Waals surface area contributed by atoms with Crippen LogP contribution in [0.5, 0.6) is 17.2 Å². The molecule has 0 atom stereocenters. The molecule has 1 aromatic carbocycles. The predicted octanol–water partition coefficient (Wildman–Crippen LogP) is 2.16. The minimum Gasteiger partial charge on any atom is -0.496 e. The Hall–Kier alpha value is -2.50. The summed E-state index contributed by atoms with van der Waals surface area (Å²) < 4.78 is 17.4. The van der Waals surface area contributed by atoms with Gasteiger partial charge < -0.3 is 14.2 Å². The van der Waals surface area contributed by atoms with E-state index >= 15 is 0 Å². The summed E-state index contributed by atoms with van der Waals surface area (Å²) in [7, 11) is 4.56. The van der Waals surface area contributed by atoms with Gasteiger partial charge in [-0.25, -0.2) is 0 Å². The molecule has 6 heteroatoms. The number of aryl methyl sites for hydroxylation is 1. The Morgan fingerprint density at radius 2 is 1.71 bits per heavy atom. The maximum atomic E-state index is 12.6. The summed E-state index contributed by atoms with van der Waals surface area (Å²) in [6.07, 6.45) is 3.25. The largest absolute Gasteiger partial charge is 0.496 e. The van der Waals surface area contributed by atoms with Crippen molar-refractivity contribution in [3.05, 3.63) is 35.7 Å². The van der Waals surface area contributed by atoms with Gasteiger partial charge in [0.2, 0.25) is 0 Å². The van der Waals surface area contributed by atoms with Gasteiger partial charge in [-0.2, -0.15) is 5.10 Å². The van der Waals surface area contributed by atoms with Crippen LogP contribution in [-0.4, -0.2) is 36.9 Å². The molecule has 0 amide bonds. The van der Waals surface area contributed by atoms with Crippen LogP contribution in [0.15, 0.2) is 24.5 Å². The number of carbonyl (C=O) groups excluding carboxylic acids is 1. The van der Waals surface area contributed by atoms with Crippen molar-refractivity contribution in [2.45, 2.75) is 13.5 Å². The Balaban J connectivity index is 2.48. The monoisotopic (exact) mass is 290 g/mol. The van der Waals surface area contributed by atoms with E-state index < -0.39 is 0 Å². The number of nitrogens with zero attached hydrogens (tertiary/aromatic N) is 2. The number of hydrogen-bond acceptors (Lipinski definition) is 5. The molecule has 6 nitrogen and oxygen atoms in total. The highest BCUT2D eigenvalue weighted by Crippen LogP contribution is 2.35. The molecule has 0 bridgehead atoms. The summed E-state index contributed by atoms with van der Waals surface area (Å²) in [5, 5.41) is 4.11. The molecule has 0 fully saturated rings. The molecule has 0 N–H and O–H groups in total. The third kappa shape index (κ3) is 2.84. The summed E-state index contributed by atoms with van der Waals surface area (Å²) in [6, 6.07) is 3.25. The van der Waals surface area contributed by atoms with Crippen molar-refractivity contribution in [1.82, 2.24) is 9.78 Å². The minimum atomic E-state index is -0.174. The average Bonchev–Trinajstić information content (AvgIpc) is 3.01. The first-order chi connectivity index (χ1) is 10.1. The highest BCUT2D eigenvalue weighted by Gasteiger charge is 2.20. The third-order valence-corrected chi connectivity index (χ3v) is 3.17. The van der Waals surface area contributed by atoms with E-state index in [0.717, 1.165) is 0 Å². The van der Waals surface area contributed by atoms with Crippen molar-refractivity contribution in [1.29, 1.82) is 0 Å². The Labute approximate surface area is 123 Å². The number of aromatic nitrogens is 2. The first-order valence-corrected chi connectivity index (χ1v) is 6.51. The molecule has 112 valence electrons. The fourth-order valence-electron chi connectivity index (χ4n) is 2.02. The lowest BCUT2D eigenvalue weighted by molar-refractivity contribution is 0.103. The van der Waals surface area contributed by atoms with Crippen molar-refractivity contribution in [3.8, 4) is 17.2 Å². The van der Waals surface area contributed by atoms with Gasteiger partial charge in [0.25, 0.3) is 0 Å². The van der Waals surface area contributed by atoms with Gasteiger partial charge >= 0.3 is 0 Å². The molecule has 0 radical (unpaired) electrons. The molecule has 0 spiro atoms. The van der Waals surface area contributed by atoms with E-state index in [4.69, 9.17) is 14.2 Å². The van der Waals surface area contributed by atoms with Gasteiger partial charge in [-0.15, -0.1) is 0 Å². The molecule has 1 aromatic heterocycles. The van der Waals surface area contributed by atoms with Gasteiger partial charge in [0, 0.05) is 18.8 Å². The van der Waals surface area contributed by atoms with E-state index in [0.29, 0.717) is 34.9 Å². The van der Waals surface area contributed by atoms with Crippen LogP contribution in [0.4, 0.5) is 0 Å². The number of methoxy groups -OCH3 is 3. The van der Waals surface area contributed by atoms with Crippen molar-refractivity contribution in [2.75, 3.05) is 21.3 Å². The lowest BCUT2D eigenvalue weighted by Crippen LogP contribution is -2.05. The van der Waals surface area contributed by atoms with E-state index in [1.807, 2.05) is 6.92 Å².